The quantitative estimate of drug-likeness (QED) is 0.570. The van der Waals surface area contributed by atoms with Gasteiger partial charge in [-0.25, -0.2) is 0 Å². The normalized spacial score (nSPS) is 16.0. The molecule has 7 heteroatoms. The van der Waals surface area contributed by atoms with E-state index in [2.05, 4.69) is 10.3 Å². The maximum atomic E-state index is 12.2. The van der Waals surface area contributed by atoms with E-state index in [-0.39, 0.29) is 24.3 Å². The molecule has 0 aromatic carbocycles. The summed E-state index contributed by atoms with van der Waals surface area (Å²) in [6.07, 6.45) is 3.48. The molecule has 2 heterocycles. The number of amides is 2. The molecule has 1 aromatic rings. The van der Waals surface area contributed by atoms with E-state index < -0.39 is 0 Å². The number of H-pyrrole nitrogens is 1. The van der Waals surface area contributed by atoms with Crippen molar-refractivity contribution < 1.29 is 14.7 Å². The van der Waals surface area contributed by atoms with E-state index in [0.717, 1.165) is 0 Å². The van der Waals surface area contributed by atoms with E-state index in [4.69, 9.17) is 10.8 Å². The summed E-state index contributed by atoms with van der Waals surface area (Å²) in [6.45, 7) is 1.70. The molecule has 5 N–H and O–H groups in total. The summed E-state index contributed by atoms with van der Waals surface area (Å²) >= 11 is 0. The molecular formula is C14H22N4O3. The average molecular weight is 294 g/mol. The van der Waals surface area contributed by atoms with E-state index >= 15 is 0 Å². The molecule has 2 rings (SSSR count). The minimum absolute atomic E-state index is 0.0136. The van der Waals surface area contributed by atoms with Gasteiger partial charge in [-0.2, -0.15) is 0 Å². The van der Waals surface area contributed by atoms with Crippen LogP contribution in [0.5, 0.6) is 0 Å². The molecule has 0 saturated carbocycles. The average Bonchev–Trinajstić information content (AvgIpc) is 2.93. The fourth-order valence-corrected chi connectivity index (χ4v) is 2.48. The number of nitrogens with one attached hydrogen (secondary N) is 2. The Labute approximate surface area is 123 Å². The number of aromatic nitrogens is 1. The molecule has 2 amide bonds. The molecule has 1 aliphatic heterocycles. The first-order valence-electron chi connectivity index (χ1n) is 7.23. The molecule has 1 aliphatic rings. The van der Waals surface area contributed by atoms with Crippen LogP contribution in [-0.2, 0) is 4.79 Å². The second kappa shape index (κ2) is 7.12. The third-order valence-electron chi connectivity index (χ3n) is 3.72. The van der Waals surface area contributed by atoms with E-state index in [1.54, 1.807) is 17.2 Å². The first kappa shape index (κ1) is 15.4. The minimum atomic E-state index is -0.0779. The van der Waals surface area contributed by atoms with E-state index in [1.165, 1.54) is 0 Å². The van der Waals surface area contributed by atoms with Gasteiger partial charge in [-0.05, 0) is 25.3 Å². The van der Waals surface area contributed by atoms with Gasteiger partial charge in [-0.3, -0.25) is 9.59 Å². The number of carbonyl (C=O) groups excluding carboxylic acids is 2. The largest absolute Gasteiger partial charge is 0.397 e. The van der Waals surface area contributed by atoms with Gasteiger partial charge in [0.25, 0.3) is 5.91 Å². The second-order valence-corrected chi connectivity index (χ2v) is 5.28. The number of aliphatic hydroxyl groups excluding tert-OH is 1. The molecule has 7 nitrogen and oxygen atoms in total. The summed E-state index contributed by atoms with van der Waals surface area (Å²) in [5.74, 6) is -0.119. The number of rotatable bonds is 5. The number of carbonyl (C=O) groups is 2. The monoisotopic (exact) mass is 294 g/mol. The highest BCUT2D eigenvalue weighted by Crippen LogP contribution is 2.19. The zero-order valence-electron chi connectivity index (χ0n) is 12.0. The molecule has 1 saturated heterocycles. The predicted molar refractivity (Wildman–Crippen MR) is 78.5 cm³/mol. The van der Waals surface area contributed by atoms with Crippen LogP contribution >= 0.6 is 0 Å². The van der Waals surface area contributed by atoms with Gasteiger partial charge in [0.1, 0.15) is 5.69 Å². The third kappa shape index (κ3) is 3.98. The molecule has 0 radical (unpaired) electrons. The van der Waals surface area contributed by atoms with Gasteiger partial charge in [0, 0.05) is 44.0 Å². The number of aliphatic hydroxyl groups is 1. The molecule has 0 unspecified atom stereocenters. The predicted octanol–water partition coefficient (Wildman–Crippen LogP) is -0.0523. The maximum absolute atomic E-state index is 12.2. The van der Waals surface area contributed by atoms with Crippen molar-refractivity contribution in [2.75, 3.05) is 32.0 Å². The molecule has 116 valence electrons. The Bertz CT molecular complexity index is 492. The van der Waals surface area contributed by atoms with E-state index in [9.17, 15) is 9.59 Å². The highest BCUT2D eigenvalue weighted by molar-refractivity contribution is 5.93. The van der Waals surface area contributed by atoms with Crippen LogP contribution in [0.3, 0.4) is 0 Å². The van der Waals surface area contributed by atoms with Crippen molar-refractivity contribution in [1.82, 2.24) is 15.2 Å². The zero-order chi connectivity index (χ0) is 15.2. The molecule has 0 spiro atoms. The van der Waals surface area contributed by atoms with Gasteiger partial charge in [0.05, 0.1) is 0 Å². The third-order valence-corrected chi connectivity index (χ3v) is 3.72. The molecule has 1 fully saturated rings. The van der Waals surface area contributed by atoms with Crippen LogP contribution in [-0.4, -0.2) is 53.0 Å². The van der Waals surface area contributed by atoms with Gasteiger partial charge in [0.2, 0.25) is 5.91 Å². The van der Waals surface area contributed by atoms with Crippen molar-refractivity contribution in [3.05, 3.63) is 18.0 Å². The number of nitrogens with two attached hydrogens (primary N) is 1. The van der Waals surface area contributed by atoms with Crippen molar-refractivity contribution in [3.8, 4) is 0 Å². The minimum Gasteiger partial charge on any atom is -0.397 e. The Morgan fingerprint density at radius 2 is 2.14 bits per heavy atom. The number of hydrogen-bond acceptors (Lipinski definition) is 4. The Kier molecular flexibility index (Phi) is 5.21. The number of aromatic amines is 1. The van der Waals surface area contributed by atoms with Gasteiger partial charge >= 0.3 is 0 Å². The second-order valence-electron chi connectivity index (χ2n) is 5.28. The number of nitrogen functional groups attached to an aromatic ring is 1. The van der Waals surface area contributed by atoms with Crippen molar-refractivity contribution in [3.63, 3.8) is 0 Å². The van der Waals surface area contributed by atoms with Crippen LogP contribution in [0.4, 0.5) is 5.69 Å². The summed E-state index contributed by atoms with van der Waals surface area (Å²) in [7, 11) is 0. The number of anilines is 1. The van der Waals surface area contributed by atoms with Crippen LogP contribution in [0.1, 0.15) is 29.8 Å². The summed E-state index contributed by atoms with van der Waals surface area (Å²) in [5, 5.41) is 11.5. The van der Waals surface area contributed by atoms with Crippen LogP contribution in [0, 0.1) is 5.92 Å². The number of hydrogen-bond donors (Lipinski definition) is 4. The highest BCUT2D eigenvalue weighted by atomic mass is 16.3. The van der Waals surface area contributed by atoms with Crippen molar-refractivity contribution >= 4 is 17.5 Å². The van der Waals surface area contributed by atoms with Gasteiger partial charge < -0.3 is 26.0 Å². The van der Waals surface area contributed by atoms with Crippen LogP contribution in [0.2, 0.25) is 0 Å². The van der Waals surface area contributed by atoms with Crippen LogP contribution in [0.15, 0.2) is 12.3 Å². The fraction of sp³-hybridized carbons (Fsp3) is 0.571. The van der Waals surface area contributed by atoms with Crippen molar-refractivity contribution in [1.29, 1.82) is 0 Å². The Morgan fingerprint density at radius 3 is 2.71 bits per heavy atom. The Morgan fingerprint density at radius 1 is 1.43 bits per heavy atom. The fourth-order valence-electron chi connectivity index (χ4n) is 2.48. The molecule has 21 heavy (non-hydrogen) atoms. The lowest BCUT2D eigenvalue weighted by molar-refractivity contribution is -0.126. The molecule has 0 bridgehead atoms. The summed E-state index contributed by atoms with van der Waals surface area (Å²) < 4.78 is 0. The van der Waals surface area contributed by atoms with Crippen molar-refractivity contribution in [2.45, 2.75) is 19.3 Å². The molecule has 0 atom stereocenters. The smallest absolute Gasteiger partial charge is 0.270 e. The number of piperidine rings is 1. The SMILES string of the molecule is Nc1c[nH]c(C(=O)N2CCC(C(=O)NCCCO)CC2)c1. The van der Waals surface area contributed by atoms with E-state index in [1.807, 2.05) is 0 Å². The Hall–Kier alpha value is -2.02. The lowest BCUT2D eigenvalue weighted by Gasteiger charge is -2.31. The molecule has 0 aliphatic carbocycles. The highest BCUT2D eigenvalue weighted by Gasteiger charge is 2.28. The van der Waals surface area contributed by atoms with Gasteiger partial charge in [0.15, 0.2) is 0 Å². The zero-order valence-corrected chi connectivity index (χ0v) is 12.0. The van der Waals surface area contributed by atoms with Gasteiger partial charge in [-0.1, -0.05) is 0 Å². The number of nitrogens with zero attached hydrogens (tertiary/aromatic N) is 1. The summed E-state index contributed by atoms with van der Waals surface area (Å²) in [5.41, 5.74) is 6.62. The van der Waals surface area contributed by atoms with Crippen molar-refractivity contribution in [2.24, 2.45) is 5.92 Å². The first-order chi connectivity index (χ1) is 10.1. The van der Waals surface area contributed by atoms with Crippen LogP contribution in [0.25, 0.3) is 0 Å². The summed E-state index contributed by atoms with van der Waals surface area (Å²) in [6, 6.07) is 1.62. The number of likely N-dealkylation sites (tertiary alicyclic amines) is 1. The van der Waals surface area contributed by atoms with Gasteiger partial charge in [-0.15, -0.1) is 0 Å². The lowest BCUT2D eigenvalue weighted by atomic mass is 9.95. The standard InChI is InChI=1S/C14H22N4O3/c15-11-8-12(17-9-11)14(21)18-5-2-10(3-6-18)13(20)16-4-1-7-19/h8-10,17,19H,1-7,15H2,(H,16,20). The lowest BCUT2D eigenvalue weighted by Crippen LogP contribution is -2.43. The Balaban J connectivity index is 1.80. The molecular weight excluding hydrogens is 272 g/mol. The van der Waals surface area contributed by atoms with E-state index in [0.29, 0.717) is 50.3 Å². The van der Waals surface area contributed by atoms with Crippen LogP contribution < -0.4 is 11.1 Å². The topological polar surface area (TPSA) is 111 Å². The summed E-state index contributed by atoms with van der Waals surface area (Å²) in [4.78, 5) is 28.7. The maximum Gasteiger partial charge on any atom is 0.270 e. The first-order valence-corrected chi connectivity index (χ1v) is 7.23. The molecule has 1 aromatic heterocycles.